The van der Waals surface area contributed by atoms with Gasteiger partial charge in [0.2, 0.25) is 5.91 Å². The summed E-state index contributed by atoms with van der Waals surface area (Å²) in [6.07, 6.45) is 5.65. The Morgan fingerprint density at radius 1 is 1.31 bits per heavy atom. The first kappa shape index (κ1) is 18.7. The van der Waals surface area contributed by atoms with Crippen molar-refractivity contribution in [2.45, 2.75) is 49.4 Å². The normalized spacial score (nSPS) is 26.7. The zero-order valence-electron chi connectivity index (χ0n) is 14.5. The number of carbonyl (C=O) groups is 2. The number of rotatable bonds is 5. The summed E-state index contributed by atoms with van der Waals surface area (Å²) in [5.74, 6) is -0.870. The first-order chi connectivity index (χ1) is 12.6. The van der Waals surface area contributed by atoms with Gasteiger partial charge >= 0.3 is 5.97 Å². The fourth-order valence-electron chi connectivity index (χ4n) is 3.80. The molecule has 7 heteroatoms. The number of amides is 1. The van der Waals surface area contributed by atoms with Gasteiger partial charge in [-0.25, -0.2) is 4.79 Å². The van der Waals surface area contributed by atoms with Crippen LogP contribution in [0.25, 0.3) is 0 Å². The second kappa shape index (κ2) is 8.56. The van der Waals surface area contributed by atoms with Crippen LogP contribution in [0.15, 0.2) is 24.3 Å². The van der Waals surface area contributed by atoms with Crippen molar-refractivity contribution in [1.29, 1.82) is 5.26 Å². The predicted octanol–water partition coefficient (Wildman–Crippen LogP) is 2.71. The maximum atomic E-state index is 12.4. The fourth-order valence-corrected chi connectivity index (χ4v) is 4.79. The third kappa shape index (κ3) is 4.37. The van der Waals surface area contributed by atoms with E-state index < -0.39 is 11.9 Å². The molecule has 26 heavy (non-hydrogen) atoms. The number of carboxylic acids is 1. The van der Waals surface area contributed by atoms with Crippen LogP contribution in [0.3, 0.4) is 0 Å². The standard InChI is InChI=1S/C19H23N3O3S/c20-10-15-16(13-6-2-1-3-7-13)21-19(22-17(15)23)26-11-12-5-4-8-14(9-12)18(24)25/h4-5,8-9,13,15-16,19,21H,1-3,6-7,11H2,(H,22,23)(H,24,25). The lowest BCUT2D eigenvalue weighted by Crippen LogP contribution is -2.62. The van der Waals surface area contributed by atoms with Crippen molar-refractivity contribution in [2.24, 2.45) is 11.8 Å². The van der Waals surface area contributed by atoms with Gasteiger partial charge in [-0.3, -0.25) is 10.1 Å². The molecule has 6 nitrogen and oxygen atoms in total. The van der Waals surface area contributed by atoms with Crippen LogP contribution < -0.4 is 10.6 Å². The van der Waals surface area contributed by atoms with E-state index >= 15 is 0 Å². The third-order valence-electron chi connectivity index (χ3n) is 5.15. The van der Waals surface area contributed by atoms with Gasteiger partial charge in [-0.05, 0) is 36.5 Å². The number of carboxylic acid groups (broad SMARTS) is 1. The molecule has 3 atom stereocenters. The Balaban J connectivity index is 1.65. The Bertz CT molecular complexity index is 712. The smallest absolute Gasteiger partial charge is 0.335 e. The van der Waals surface area contributed by atoms with Gasteiger partial charge in [0, 0.05) is 11.8 Å². The molecule has 1 aromatic carbocycles. The van der Waals surface area contributed by atoms with Crippen molar-refractivity contribution >= 4 is 23.6 Å². The van der Waals surface area contributed by atoms with Crippen molar-refractivity contribution in [3.63, 3.8) is 0 Å². The molecule has 0 bridgehead atoms. The van der Waals surface area contributed by atoms with Crippen LogP contribution in [0.4, 0.5) is 0 Å². The lowest BCUT2D eigenvalue weighted by atomic mass is 9.78. The Morgan fingerprint density at radius 3 is 2.77 bits per heavy atom. The number of hydrogen-bond donors (Lipinski definition) is 3. The van der Waals surface area contributed by atoms with Crippen molar-refractivity contribution < 1.29 is 14.7 Å². The molecule has 0 spiro atoms. The minimum atomic E-state index is -0.949. The van der Waals surface area contributed by atoms with E-state index in [0.717, 1.165) is 31.2 Å². The second-order valence-corrected chi connectivity index (χ2v) is 8.00. The van der Waals surface area contributed by atoms with E-state index in [2.05, 4.69) is 16.7 Å². The third-order valence-corrected chi connectivity index (χ3v) is 6.23. The summed E-state index contributed by atoms with van der Waals surface area (Å²) in [5.41, 5.74) is 0.878. The predicted molar refractivity (Wildman–Crippen MR) is 99.2 cm³/mol. The van der Waals surface area contributed by atoms with Crippen LogP contribution in [0.1, 0.15) is 48.0 Å². The molecule has 1 heterocycles. The number of hydrogen-bond acceptors (Lipinski definition) is 5. The first-order valence-corrected chi connectivity index (χ1v) is 10.0. The molecule has 3 unspecified atom stereocenters. The van der Waals surface area contributed by atoms with Crippen LogP contribution in [0.5, 0.6) is 0 Å². The molecule has 3 N–H and O–H groups in total. The Hall–Kier alpha value is -2.04. The molecule has 1 aliphatic carbocycles. The summed E-state index contributed by atoms with van der Waals surface area (Å²) >= 11 is 1.51. The van der Waals surface area contributed by atoms with E-state index in [1.165, 1.54) is 18.2 Å². The number of nitrogens with zero attached hydrogens (tertiary/aromatic N) is 1. The monoisotopic (exact) mass is 373 g/mol. The highest BCUT2D eigenvalue weighted by Crippen LogP contribution is 2.32. The number of thioether (sulfide) groups is 1. The zero-order valence-corrected chi connectivity index (χ0v) is 15.3. The number of benzene rings is 1. The molecule has 2 aliphatic rings. The largest absolute Gasteiger partial charge is 0.478 e. The molecule has 1 saturated carbocycles. The quantitative estimate of drug-likeness (QED) is 0.733. The van der Waals surface area contributed by atoms with Gasteiger partial charge in [-0.15, -0.1) is 11.8 Å². The van der Waals surface area contributed by atoms with Crippen molar-refractivity contribution in [1.82, 2.24) is 10.6 Å². The average molecular weight is 373 g/mol. The number of nitrogens with one attached hydrogen (secondary N) is 2. The summed E-state index contributed by atoms with van der Waals surface area (Å²) in [6.45, 7) is 0. The molecule has 1 saturated heterocycles. The van der Waals surface area contributed by atoms with Crippen molar-refractivity contribution in [3.8, 4) is 6.07 Å². The van der Waals surface area contributed by atoms with E-state index in [9.17, 15) is 14.9 Å². The van der Waals surface area contributed by atoms with Crippen LogP contribution in [0, 0.1) is 23.2 Å². The average Bonchev–Trinajstić information content (AvgIpc) is 2.67. The van der Waals surface area contributed by atoms with Gasteiger partial charge in [0.25, 0.3) is 0 Å². The number of aromatic carboxylic acids is 1. The zero-order chi connectivity index (χ0) is 18.5. The molecular weight excluding hydrogens is 350 g/mol. The highest BCUT2D eigenvalue weighted by Gasteiger charge is 2.40. The number of nitriles is 1. The lowest BCUT2D eigenvalue weighted by molar-refractivity contribution is -0.127. The van der Waals surface area contributed by atoms with Crippen molar-refractivity contribution in [2.75, 3.05) is 0 Å². The molecule has 1 aromatic rings. The Morgan fingerprint density at radius 2 is 2.08 bits per heavy atom. The lowest BCUT2D eigenvalue weighted by Gasteiger charge is -2.40. The van der Waals surface area contributed by atoms with Gasteiger partial charge in [-0.1, -0.05) is 31.4 Å². The summed E-state index contributed by atoms with van der Waals surface area (Å²) in [4.78, 5) is 23.5. The molecular formula is C19H23N3O3S. The van der Waals surface area contributed by atoms with Crippen LogP contribution in [-0.2, 0) is 10.5 Å². The van der Waals surface area contributed by atoms with E-state index in [1.807, 2.05) is 6.07 Å². The SMILES string of the molecule is N#CC1C(=O)NC(SCc2cccc(C(=O)O)c2)NC1C1CCCCC1. The summed E-state index contributed by atoms with van der Waals surface area (Å²) in [7, 11) is 0. The number of carbonyl (C=O) groups excluding carboxylic acids is 1. The molecule has 0 radical (unpaired) electrons. The van der Waals surface area contributed by atoms with Gasteiger partial charge in [0.15, 0.2) is 0 Å². The molecule has 138 valence electrons. The maximum Gasteiger partial charge on any atom is 0.335 e. The fraction of sp³-hybridized carbons (Fsp3) is 0.526. The second-order valence-electron chi connectivity index (χ2n) is 6.90. The highest BCUT2D eigenvalue weighted by molar-refractivity contribution is 7.99. The topological polar surface area (TPSA) is 102 Å². The van der Waals surface area contributed by atoms with Crippen molar-refractivity contribution in [3.05, 3.63) is 35.4 Å². The highest BCUT2D eigenvalue weighted by atomic mass is 32.2. The molecule has 1 amide bonds. The Labute approximate surface area is 157 Å². The summed E-state index contributed by atoms with van der Waals surface area (Å²) in [5, 5.41) is 24.8. The molecule has 0 aromatic heterocycles. The molecule has 3 rings (SSSR count). The van der Waals surface area contributed by atoms with Crippen LogP contribution in [0.2, 0.25) is 0 Å². The summed E-state index contributed by atoms with van der Waals surface area (Å²) in [6, 6.07) is 8.87. The van der Waals surface area contributed by atoms with Gasteiger partial charge in [0.1, 0.15) is 11.4 Å². The van der Waals surface area contributed by atoms with Gasteiger partial charge < -0.3 is 10.4 Å². The minimum Gasteiger partial charge on any atom is -0.478 e. The Kier molecular flexibility index (Phi) is 6.17. The minimum absolute atomic E-state index is 0.114. The van der Waals surface area contributed by atoms with E-state index in [0.29, 0.717) is 11.7 Å². The van der Waals surface area contributed by atoms with Gasteiger partial charge in [-0.2, -0.15) is 5.26 Å². The molecule has 2 fully saturated rings. The first-order valence-electron chi connectivity index (χ1n) is 8.98. The van der Waals surface area contributed by atoms with Crippen LogP contribution >= 0.6 is 11.8 Å². The van der Waals surface area contributed by atoms with E-state index in [-0.39, 0.29) is 23.0 Å². The van der Waals surface area contributed by atoms with E-state index in [4.69, 9.17) is 5.11 Å². The molecule has 1 aliphatic heterocycles. The maximum absolute atomic E-state index is 12.4. The van der Waals surface area contributed by atoms with Gasteiger partial charge in [0.05, 0.1) is 11.6 Å². The van der Waals surface area contributed by atoms with E-state index in [1.54, 1.807) is 18.2 Å². The van der Waals surface area contributed by atoms with Crippen LogP contribution in [-0.4, -0.2) is 28.5 Å². The summed E-state index contributed by atoms with van der Waals surface area (Å²) < 4.78 is 0.